The average molecular weight is 116 g/mol. The zero-order valence-electron chi connectivity index (χ0n) is 5.44. The van der Waals surface area contributed by atoms with Crippen LogP contribution in [-0.2, 0) is 9.53 Å². The molecule has 0 bridgehead atoms. The van der Waals surface area contributed by atoms with E-state index in [0.717, 1.165) is 6.42 Å². The molecule has 0 heterocycles. The van der Waals surface area contributed by atoms with Crippen molar-refractivity contribution in [2.75, 3.05) is 13.2 Å². The predicted molar refractivity (Wildman–Crippen MR) is 31.8 cm³/mol. The monoisotopic (exact) mass is 116 g/mol. The van der Waals surface area contributed by atoms with Gasteiger partial charge in [-0.1, -0.05) is 6.92 Å². The second-order valence-electron chi connectivity index (χ2n) is 1.75. The first-order chi connectivity index (χ1) is 3.77. The fourth-order valence-corrected chi connectivity index (χ4v) is 0.360. The van der Waals surface area contributed by atoms with E-state index >= 15 is 0 Å². The molecule has 0 unspecified atom stereocenters. The van der Waals surface area contributed by atoms with Gasteiger partial charge in [-0.05, 0) is 13.3 Å². The van der Waals surface area contributed by atoms with Crippen LogP contribution in [0.4, 0.5) is 0 Å². The smallest absolute Gasteiger partial charge is 0.155 e. The van der Waals surface area contributed by atoms with E-state index in [4.69, 9.17) is 4.74 Å². The summed E-state index contributed by atoms with van der Waals surface area (Å²) < 4.78 is 4.89. The van der Waals surface area contributed by atoms with Crippen LogP contribution < -0.4 is 0 Å². The summed E-state index contributed by atoms with van der Waals surface area (Å²) in [6.07, 6.45) is 0.979. The molecule has 0 aliphatic heterocycles. The highest BCUT2D eigenvalue weighted by Gasteiger charge is 1.88. The van der Waals surface area contributed by atoms with Gasteiger partial charge in [-0.3, -0.25) is 4.79 Å². The lowest BCUT2D eigenvalue weighted by atomic mass is 10.5. The molecular weight excluding hydrogens is 104 g/mol. The van der Waals surface area contributed by atoms with Gasteiger partial charge in [-0.2, -0.15) is 0 Å². The third kappa shape index (κ3) is 5.63. The van der Waals surface area contributed by atoms with Gasteiger partial charge in [0.1, 0.15) is 6.61 Å². The summed E-state index contributed by atoms with van der Waals surface area (Å²) in [5.41, 5.74) is 0. The molecule has 0 rings (SSSR count). The van der Waals surface area contributed by atoms with Crippen molar-refractivity contribution in [3.05, 3.63) is 0 Å². The van der Waals surface area contributed by atoms with Crippen molar-refractivity contribution in [3.8, 4) is 0 Å². The van der Waals surface area contributed by atoms with Crippen molar-refractivity contribution in [1.82, 2.24) is 0 Å². The molecular formula is C6H12O2. The van der Waals surface area contributed by atoms with Crippen molar-refractivity contribution in [3.63, 3.8) is 0 Å². The Morgan fingerprint density at radius 2 is 2.25 bits per heavy atom. The maximum absolute atomic E-state index is 10.2. The van der Waals surface area contributed by atoms with Gasteiger partial charge in [0.25, 0.3) is 0 Å². The predicted octanol–water partition coefficient (Wildman–Crippen LogP) is 1.00. The first-order valence-corrected chi connectivity index (χ1v) is 2.84. The number of ether oxygens (including phenoxy) is 1. The molecule has 0 spiro atoms. The molecule has 0 N–H and O–H groups in total. The van der Waals surface area contributed by atoms with Gasteiger partial charge in [0.2, 0.25) is 0 Å². The van der Waals surface area contributed by atoms with E-state index in [1.165, 1.54) is 6.92 Å². The molecule has 0 atom stereocenters. The van der Waals surface area contributed by atoms with Crippen LogP contribution in [0.2, 0.25) is 0 Å². The fourth-order valence-electron chi connectivity index (χ4n) is 0.360. The summed E-state index contributed by atoms with van der Waals surface area (Å²) in [6.45, 7) is 4.50. The molecule has 2 heteroatoms. The van der Waals surface area contributed by atoms with Crippen molar-refractivity contribution in [2.24, 2.45) is 0 Å². The molecule has 48 valence electrons. The van der Waals surface area contributed by atoms with Crippen molar-refractivity contribution >= 4 is 5.78 Å². The zero-order chi connectivity index (χ0) is 6.41. The quantitative estimate of drug-likeness (QED) is 0.512. The molecule has 8 heavy (non-hydrogen) atoms. The van der Waals surface area contributed by atoms with E-state index in [-0.39, 0.29) is 12.4 Å². The molecule has 0 aliphatic carbocycles. The van der Waals surface area contributed by atoms with Crippen LogP contribution in [-0.4, -0.2) is 19.0 Å². The molecule has 0 aromatic carbocycles. The molecule has 2 nitrogen and oxygen atoms in total. The minimum absolute atomic E-state index is 0.0958. The van der Waals surface area contributed by atoms with E-state index in [0.29, 0.717) is 6.61 Å². The van der Waals surface area contributed by atoms with Crippen molar-refractivity contribution in [2.45, 2.75) is 20.3 Å². The van der Waals surface area contributed by atoms with E-state index in [1.54, 1.807) is 0 Å². The number of carbonyl (C=O) groups excluding carboxylic acids is 1. The summed E-state index contributed by atoms with van der Waals surface area (Å²) in [7, 11) is 0. The van der Waals surface area contributed by atoms with Gasteiger partial charge in [0.15, 0.2) is 5.78 Å². The number of hydrogen-bond acceptors (Lipinski definition) is 2. The van der Waals surface area contributed by atoms with Gasteiger partial charge in [-0.15, -0.1) is 0 Å². The number of hydrogen-bond donors (Lipinski definition) is 0. The molecule has 0 aliphatic rings. The number of rotatable bonds is 4. The Bertz CT molecular complexity index is 68.9. The van der Waals surface area contributed by atoms with E-state index in [1.807, 2.05) is 6.92 Å². The highest BCUT2D eigenvalue weighted by atomic mass is 16.5. The lowest BCUT2D eigenvalue weighted by molar-refractivity contribution is -0.121. The first-order valence-electron chi connectivity index (χ1n) is 2.84. The topological polar surface area (TPSA) is 26.3 Å². The van der Waals surface area contributed by atoms with Crippen molar-refractivity contribution < 1.29 is 9.53 Å². The first kappa shape index (κ1) is 7.63. The number of ketones is 1. The average Bonchev–Trinajstić information content (AvgIpc) is 1.66. The van der Waals surface area contributed by atoms with Gasteiger partial charge in [0, 0.05) is 6.61 Å². The van der Waals surface area contributed by atoms with Crippen LogP contribution in [0.15, 0.2) is 0 Å². The van der Waals surface area contributed by atoms with Crippen LogP contribution in [0.1, 0.15) is 20.3 Å². The maximum Gasteiger partial charge on any atom is 0.155 e. The maximum atomic E-state index is 10.2. The second-order valence-corrected chi connectivity index (χ2v) is 1.75. The Balaban J connectivity index is 2.82. The Morgan fingerprint density at radius 3 is 2.62 bits per heavy atom. The molecule has 0 radical (unpaired) electrons. The molecule has 0 amide bonds. The Hall–Kier alpha value is -0.370. The SMILES string of the molecule is CCCOCC(C)=O. The minimum atomic E-state index is 0.0958. The fraction of sp³-hybridized carbons (Fsp3) is 0.833. The standard InChI is InChI=1S/C6H12O2/c1-3-4-8-5-6(2)7/h3-5H2,1-2H3. The normalized spacial score (nSPS) is 9.25. The van der Waals surface area contributed by atoms with Crippen LogP contribution in [0, 0.1) is 0 Å². The second kappa shape index (κ2) is 4.78. The Morgan fingerprint density at radius 1 is 1.62 bits per heavy atom. The van der Waals surface area contributed by atoms with Gasteiger partial charge in [0.05, 0.1) is 0 Å². The van der Waals surface area contributed by atoms with E-state index in [2.05, 4.69) is 0 Å². The van der Waals surface area contributed by atoms with Gasteiger partial charge in [-0.25, -0.2) is 0 Å². The lowest BCUT2D eigenvalue weighted by Crippen LogP contribution is -2.03. The summed E-state index contributed by atoms with van der Waals surface area (Å²) in [5, 5.41) is 0. The highest BCUT2D eigenvalue weighted by Crippen LogP contribution is 1.79. The Kier molecular flexibility index (Phi) is 4.56. The minimum Gasteiger partial charge on any atom is -0.374 e. The molecule has 0 saturated heterocycles. The van der Waals surface area contributed by atoms with Gasteiger partial charge < -0.3 is 4.74 Å². The summed E-state index contributed by atoms with van der Waals surface area (Å²) in [5.74, 6) is 0.0958. The van der Waals surface area contributed by atoms with E-state index < -0.39 is 0 Å². The number of Topliss-reactive ketones (excluding diaryl/α,β-unsaturated/α-hetero) is 1. The summed E-state index contributed by atoms with van der Waals surface area (Å²) >= 11 is 0. The van der Waals surface area contributed by atoms with Crippen LogP contribution in [0.5, 0.6) is 0 Å². The highest BCUT2D eigenvalue weighted by molar-refractivity contribution is 5.76. The van der Waals surface area contributed by atoms with Gasteiger partial charge >= 0.3 is 0 Å². The molecule has 0 saturated carbocycles. The molecule has 0 fully saturated rings. The van der Waals surface area contributed by atoms with Crippen LogP contribution in [0.25, 0.3) is 0 Å². The molecule has 0 aromatic rings. The third-order valence-corrected chi connectivity index (χ3v) is 0.654. The third-order valence-electron chi connectivity index (χ3n) is 0.654. The Labute approximate surface area is 49.8 Å². The molecule has 0 aromatic heterocycles. The van der Waals surface area contributed by atoms with Crippen LogP contribution in [0.3, 0.4) is 0 Å². The van der Waals surface area contributed by atoms with Crippen LogP contribution >= 0.6 is 0 Å². The largest absolute Gasteiger partial charge is 0.374 e. The van der Waals surface area contributed by atoms with E-state index in [9.17, 15) is 4.79 Å². The lowest BCUT2D eigenvalue weighted by Gasteiger charge is -1.95. The summed E-state index contributed by atoms with van der Waals surface area (Å²) in [4.78, 5) is 10.2. The summed E-state index contributed by atoms with van der Waals surface area (Å²) in [6, 6.07) is 0. The van der Waals surface area contributed by atoms with Crippen molar-refractivity contribution in [1.29, 1.82) is 0 Å². The number of carbonyl (C=O) groups is 1. The zero-order valence-corrected chi connectivity index (χ0v) is 5.44.